The summed E-state index contributed by atoms with van der Waals surface area (Å²) in [5.41, 5.74) is 0. The minimum atomic E-state index is -4.90. The Morgan fingerprint density at radius 3 is 2.18 bits per heavy atom. The van der Waals surface area contributed by atoms with E-state index in [1.165, 1.54) is 0 Å². The molecule has 0 rings (SSSR count). The first-order chi connectivity index (χ1) is 7.73. The molecule has 0 aromatic heterocycles. The molecule has 0 aromatic carbocycles. The number of likely N-dealkylation sites (N-methyl/N-ethyl adjacent to an activating group) is 1. The van der Waals surface area contributed by atoms with E-state index in [4.69, 9.17) is 0 Å². The van der Waals surface area contributed by atoms with Crippen molar-refractivity contribution in [2.75, 3.05) is 33.7 Å². The Morgan fingerprint density at radius 1 is 1.12 bits per heavy atom. The van der Waals surface area contributed by atoms with Crippen LogP contribution in [0.2, 0.25) is 0 Å². The van der Waals surface area contributed by atoms with Crippen LogP contribution in [0.5, 0.6) is 0 Å². The first-order valence-electron chi connectivity index (χ1n) is 5.00. The van der Waals surface area contributed by atoms with Gasteiger partial charge in [0.05, 0.1) is 0 Å². The largest absolute Gasteiger partial charge is 0.471 e. The highest BCUT2D eigenvalue weighted by molar-refractivity contribution is 5.82. The third-order valence-corrected chi connectivity index (χ3v) is 1.78. The van der Waals surface area contributed by atoms with Crippen LogP contribution < -0.4 is 10.6 Å². The topological polar surface area (TPSA) is 61.4 Å². The summed E-state index contributed by atoms with van der Waals surface area (Å²) in [6.45, 7) is 0.728. The third kappa shape index (κ3) is 8.49. The average molecular weight is 255 g/mol. The molecule has 5 nitrogen and oxygen atoms in total. The van der Waals surface area contributed by atoms with Crippen LogP contribution in [0.25, 0.3) is 0 Å². The lowest BCUT2D eigenvalue weighted by molar-refractivity contribution is -0.173. The maximum atomic E-state index is 11.7. The molecule has 100 valence electrons. The van der Waals surface area contributed by atoms with E-state index in [2.05, 4.69) is 5.32 Å². The average Bonchev–Trinajstić information content (AvgIpc) is 2.15. The number of carbonyl (C=O) groups excluding carboxylic acids is 2. The maximum absolute atomic E-state index is 11.7. The van der Waals surface area contributed by atoms with Crippen molar-refractivity contribution in [2.24, 2.45) is 0 Å². The molecule has 0 unspecified atom stereocenters. The van der Waals surface area contributed by atoms with Gasteiger partial charge < -0.3 is 15.5 Å². The normalized spacial score (nSPS) is 11.4. The molecule has 0 aromatic rings. The lowest BCUT2D eigenvalue weighted by Crippen LogP contribution is -2.39. The minimum Gasteiger partial charge on any atom is -0.355 e. The molecule has 2 N–H and O–H groups in total. The quantitative estimate of drug-likeness (QED) is 0.687. The molecule has 0 aliphatic rings. The molecule has 8 heteroatoms. The van der Waals surface area contributed by atoms with Gasteiger partial charge in [0.1, 0.15) is 0 Å². The van der Waals surface area contributed by atoms with Gasteiger partial charge in [-0.25, -0.2) is 0 Å². The Kier molecular flexibility index (Phi) is 6.55. The first kappa shape index (κ1) is 15.7. The van der Waals surface area contributed by atoms with E-state index >= 15 is 0 Å². The number of nitrogens with zero attached hydrogens (tertiary/aromatic N) is 1. The first-order valence-corrected chi connectivity index (χ1v) is 5.00. The monoisotopic (exact) mass is 255 g/mol. The van der Waals surface area contributed by atoms with Gasteiger partial charge in [0.2, 0.25) is 5.91 Å². The number of hydrogen-bond donors (Lipinski definition) is 2. The molecular weight excluding hydrogens is 239 g/mol. The van der Waals surface area contributed by atoms with Crippen molar-refractivity contribution in [1.82, 2.24) is 15.5 Å². The maximum Gasteiger partial charge on any atom is 0.471 e. The molecule has 0 aliphatic heterocycles. The summed E-state index contributed by atoms with van der Waals surface area (Å²) in [7, 11) is 3.66. The van der Waals surface area contributed by atoms with Gasteiger partial charge in [-0.2, -0.15) is 13.2 Å². The number of alkyl halides is 3. The number of carbonyl (C=O) groups is 2. The Bertz CT molecular complexity index is 267. The zero-order valence-corrected chi connectivity index (χ0v) is 9.73. The number of hydrogen-bond acceptors (Lipinski definition) is 3. The van der Waals surface area contributed by atoms with Crippen molar-refractivity contribution in [3.8, 4) is 0 Å². The second kappa shape index (κ2) is 7.10. The van der Waals surface area contributed by atoms with Crippen molar-refractivity contribution >= 4 is 11.8 Å². The fourth-order valence-corrected chi connectivity index (χ4v) is 0.897. The van der Waals surface area contributed by atoms with Gasteiger partial charge in [0.25, 0.3) is 0 Å². The van der Waals surface area contributed by atoms with Crippen LogP contribution in [-0.4, -0.2) is 56.6 Å². The summed E-state index contributed by atoms with van der Waals surface area (Å²) in [5, 5.41) is 4.13. The van der Waals surface area contributed by atoms with Crippen LogP contribution in [0.1, 0.15) is 6.42 Å². The van der Waals surface area contributed by atoms with E-state index < -0.39 is 18.0 Å². The SMILES string of the molecule is CN(C)CCNC(=O)CCNC(=O)C(F)(F)F. The highest BCUT2D eigenvalue weighted by Gasteiger charge is 2.38. The fourth-order valence-electron chi connectivity index (χ4n) is 0.897. The van der Waals surface area contributed by atoms with Crippen molar-refractivity contribution in [1.29, 1.82) is 0 Å². The van der Waals surface area contributed by atoms with Crippen molar-refractivity contribution in [2.45, 2.75) is 12.6 Å². The standard InChI is InChI=1S/C9H16F3N3O2/c1-15(2)6-5-13-7(16)3-4-14-8(17)9(10,11)12/h3-6H2,1-2H3,(H,13,16)(H,14,17). The molecule has 0 saturated heterocycles. The summed E-state index contributed by atoms with van der Waals surface area (Å²) < 4.78 is 35.2. The van der Waals surface area contributed by atoms with Crippen LogP contribution in [0, 0.1) is 0 Å². The lowest BCUT2D eigenvalue weighted by Gasteiger charge is -2.11. The lowest BCUT2D eigenvalue weighted by atomic mass is 10.4. The van der Waals surface area contributed by atoms with Gasteiger partial charge in [-0.1, -0.05) is 0 Å². The van der Waals surface area contributed by atoms with Gasteiger partial charge in [-0.05, 0) is 14.1 Å². The second-order valence-corrected chi connectivity index (χ2v) is 3.66. The van der Waals surface area contributed by atoms with Gasteiger partial charge in [-0.15, -0.1) is 0 Å². The van der Waals surface area contributed by atoms with Crippen LogP contribution in [0.4, 0.5) is 13.2 Å². The van der Waals surface area contributed by atoms with E-state index in [0.29, 0.717) is 13.1 Å². The summed E-state index contributed by atoms with van der Waals surface area (Å²) in [6, 6.07) is 0. The smallest absolute Gasteiger partial charge is 0.355 e. The van der Waals surface area contributed by atoms with Crippen LogP contribution in [0.15, 0.2) is 0 Å². The van der Waals surface area contributed by atoms with E-state index in [0.717, 1.165) is 0 Å². The predicted octanol–water partition coefficient (Wildman–Crippen LogP) is -0.267. The highest BCUT2D eigenvalue weighted by Crippen LogP contribution is 2.13. The van der Waals surface area contributed by atoms with Crippen LogP contribution in [0.3, 0.4) is 0 Å². The van der Waals surface area contributed by atoms with E-state index in [1.54, 1.807) is 5.32 Å². The van der Waals surface area contributed by atoms with Gasteiger partial charge >= 0.3 is 12.1 Å². The molecule has 17 heavy (non-hydrogen) atoms. The molecule has 2 amide bonds. The number of rotatable bonds is 6. The fraction of sp³-hybridized carbons (Fsp3) is 0.778. The van der Waals surface area contributed by atoms with E-state index in [1.807, 2.05) is 19.0 Å². The zero-order chi connectivity index (χ0) is 13.5. The molecule has 0 saturated carbocycles. The van der Waals surface area contributed by atoms with Gasteiger partial charge in [0, 0.05) is 26.1 Å². The number of nitrogens with one attached hydrogen (secondary N) is 2. The molecule has 0 radical (unpaired) electrons. The Morgan fingerprint density at radius 2 is 1.71 bits per heavy atom. The summed E-state index contributed by atoms with van der Waals surface area (Å²) in [5.74, 6) is -2.42. The summed E-state index contributed by atoms with van der Waals surface area (Å²) in [4.78, 5) is 23.3. The van der Waals surface area contributed by atoms with Crippen molar-refractivity contribution in [3.63, 3.8) is 0 Å². The van der Waals surface area contributed by atoms with Crippen LogP contribution >= 0.6 is 0 Å². The molecule has 0 heterocycles. The van der Waals surface area contributed by atoms with Gasteiger partial charge in [0.15, 0.2) is 0 Å². The molecule has 0 fully saturated rings. The van der Waals surface area contributed by atoms with Crippen molar-refractivity contribution < 1.29 is 22.8 Å². The van der Waals surface area contributed by atoms with Gasteiger partial charge in [-0.3, -0.25) is 9.59 Å². The van der Waals surface area contributed by atoms with E-state index in [-0.39, 0.29) is 13.0 Å². The summed E-state index contributed by atoms with van der Waals surface area (Å²) >= 11 is 0. The van der Waals surface area contributed by atoms with E-state index in [9.17, 15) is 22.8 Å². The molecule has 0 bridgehead atoms. The minimum absolute atomic E-state index is 0.171. The predicted molar refractivity (Wildman–Crippen MR) is 55.2 cm³/mol. The molecular formula is C9H16F3N3O2. The summed E-state index contributed by atoms with van der Waals surface area (Å²) in [6.07, 6.45) is -5.07. The molecule has 0 spiro atoms. The third-order valence-electron chi connectivity index (χ3n) is 1.78. The Labute approximate surface area is 97.3 Å². The van der Waals surface area contributed by atoms with Crippen LogP contribution in [-0.2, 0) is 9.59 Å². The van der Waals surface area contributed by atoms with Crippen molar-refractivity contribution in [3.05, 3.63) is 0 Å². The number of amides is 2. The Balaban J connectivity index is 3.62. The Hall–Kier alpha value is -1.31. The highest BCUT2D eigenvalue weighted by atomic mass is 19.4. The molecule has 0 aliphatic carbocycles. The number of halogens is 3. The molecule has 0 atom stereocenters. The second-order valence-electron chi connectivity index (χ2n) is 3.66. The zero-order valence-electron chi connectivity index (χ0n) is 9.73.